The van der Waals surface area contributed by atoms with Crippen LogP contribution in [-0.4, -0.2) is 16.0 Å². The SMILES string of the molecule is C=C(C)C(C=C(C#N)C(C)=O)=Cc1cn[nH]c1C. The first-order chi connectivity index (χ1) is 8.45. The molecule has 0 atom stereocenters. The number of aromatic amines is 1. The van der Waals surface area contributed by atoms with Gasteiger partial charge in [0.15, 0.2) is 5.78 Å². The van der Waals surface area contributed by atoms with E-state index in [9.17, 15) is 4.79 Å². The predicted molar refractivity (Wildman–Crippen MR) is 70.5 cm³/mol. The van der Waals surface area contributed by atoms with Crippen molar-refractivity contribution < 1.29 is 4.79 Å². The lowest BCUT2D eigenvalue weighted by Crippen LogP contribution is -1.95. The second kappa shape index (κ2) is 5.78. The maximum atomic E-state index is 11.2. The summed E-state index contributed by atoms with van der Waals surface area (Å²) < 4.78 is 0. The number of nitriles is 1. The van der Waals surface area contributed by atoms with Crippen LogP contribution in [0.5, 0.6) is 0 Å². The van der Waals surface area contributed by atoms with Crippen LogP contribution in [0.4, 0.5) is 0 Å². The van der Waals surface area contributed by atoms with E-state index >= 15 is 0 Å². The van der Waals surface area contributed by atoms with Crippen LogP contribution in [0.25, 0.3) is 6.08 Å². The third-order valence-electron chi connectivity index (χ3n) is 2.47. The highest BCUT2D eigenvalue weighted by Gasteiger charge is 2.06. The van der Waals surface area contributed by atoms with Crippen molar-refractivity contribution in [3.8, 4) is 6.07 Å². The Morgan fingerprint density at radius 2 is 2.22 bits per heavy atom. The Morgan fingerprint density at radius 3 is 2.61 bits per heavy atom. The van der Waals surface area contributed by atoms with Gasteiger partial charge < -0.3 is 0 Å². The number of hydrogen-bond acceptors (Lipinski definition) is 3. The minimum absolute atomic E-state index is 0.116. The second-order valence-electron chi connectivity index (χ2n) is 4.06. The fourth-order valence-electron chi connectivity index (χ4n) is 1.33. The van der Waals surface area contributed by atoms with Crippen molar-refractivity contribution in [1.29, 1.82) is 5.26 Å². The standard InChI is InChI=1S/C14H15N3O/c1-9(2)12(5-13(7-15)11(4)18)6-14-8-16-17-10(14)3/h5-6,8H,1H2,2-4H3,(H,16,17). The number of aryl methyl sites for hydroxylation is 1. The first-order valence-corrected chi connectivity index (χ1v) is 5.46. The van der Waals surface area contributed by atoms with Crippen LogP contribution in [0.2, 0.25) is 0 Å². The molecule has 1 rings (SSSR count). The van der Waals surface area contributed by atoms with Gasteiger partial charge in [-0.3, -0.25) is 9.89 Å². The van der Waals surface area contributed by atoms with Crippen LogP contribution in [-0.2, 0) is 4.79 Å². The minimum atomic E-state index is -0.256. The summed E-state index contributed by atoms with van der Waals surface area (Å²) in [6, 6.07) is 1.89. The van der Waals surface area contributed by atoms with Gasteiger partial charge in [0.1, 0.15) is 6.07 Å². The van der Waals surface area contributed by atoms with Crippen molar-refractivity contribution in [1.82, 2.24) is 10.2 Å². The van der Waals surface area contributed by atoms with E-state index in [0.29, 0.717) is 0 Å². The van der Waals surface area contributed by atoms with E-state index in [4.69, 9.17) is 5.26 Å². The van der Waals surface area contributed by atoms with Crippen molar-refractivity contribution in [3.05, 3.63) is 46.8 Å². The molecule has 0 spiro atoms. The van der Waals surface area contributed by atoms with Gasteiger partial charge in [0.05, 0.1) is 11.8 Å². The molecule has 0 amide bonds. The van der Waals surface area contributed by atoms with Gasteiger partial charge in [-0.1, -0.05) is 12.2 Å². The van der Waals surface area contributed by atoms with Crippen LogP contribution in [0, 0.1) is 18.3 Å². The Kier molecular flexibility index (Phi) is 4.39. The van der Waals surface area contributed by atoms with Gasteiger partial charge in [-0.25, -0.2) is 0 Å². The van der Waals surface area contributed by atoms with Crippen LogP contribution in [0.3, 0.4) is 0 Å². The summed E-state index contributed by atoms with van der Waals surface area (Å²) in [7, 11) is 0. The smallest absolute Gasteiger partial charge is 0.170 e. The van der Waals surface area contributed by atoms with Gasteiger partial charge >= 0.3 is 0 Å². The third kappa shape index (κ3) is 3.29. The zero-order chi connectivity index (χ0) is 13.7. The van der Waals surface area contributed by atoms with Crippen LogP contribution >= 0.6 is 0 Å². The zero-order valence-electron chi connectivity index (χ0n) is 10.7. The summed E-state index contributed by atoms with van der Waals surface area (Å²) in [5.74, 6) is -0.256. The molecule has 0 saturated heterocycles. The van der Waals surface area contributed by atoms with Crippen molar-refractivity contribution in [2.24, 2.45) is 0 Å². The number of allylic oxidation sites excluding steroid dienone is 4. The summed E-state index contributed by atoms with van der Waals surface area (Å²) in [5, 5.41) is 15.6. The van der Waals surface area contributed by atoms with Gasteiger partial charge in [-0.05, 0) is 38.5 Å². The molecule has 18 heavy (non-hydrogen) atoms. The molecule has 0 radical (unpaired) electrons. The van der Waals surface area contributed by atoms with E-state index in [2.05, 4.69) is 16.8 Å². The van der Waals surface area contributed by atoms with E-state index in [0.717, 1.165) is 22.4 Å². The first kappa shape index (κ1) is 13.7. The summed E-state index contributed by atoms with van der Waals surface area (Å²) in [6.07, 6.45) is 5.09. The average molecular weight is 241 g/mol. The normalized spacial score (nSPS) is 12.1. The highest BCUT2D eigenvalue weighted by atomic mass is 16.1. The monoisotopic (exact) mass is 241 g/mol. The number of aromatic nitrogens is 2. The van der Waals surface area contributed by atoms with Crippen molar-refractivity contribution in [2.45, 2.75) is 20.8 Å². The van der Waals surface area contributed by atoms with Gasteiger partial charge in [0.25, 0.3) is 0 Å². The number of nitrogens with one attached hydrogen (secondary N) is 1. The molecule has 1 aromatic rings. The molecule has 1 heterocycles. The topological polar surface area (TPSA) is 69.5 Å². The molecule has 0 fully saturated rings. The summed E-state index contributed by atoms with van der Waals surface area (Å²) in [4.78, 5) is 11.2. The maximum absolute atomic E-state index is 11.2. The number of nitrogens with zero attached hydrogens (tertiary/aromatic N) is 2. The van der Waals surface area contributed by atoms with E-state index in [1.165, 1.54) is 6.92 Å². The molecule has 1 N–H and O–H groups in total. The number of hydrogen-bond donors (Lipinski definition) is 1. The fourth-order valence-corrected chi connectivity index (χ4v) is 1.33. The number of H-pyrrole nitrogens is 1. The van der Waals surface area contributed by atoms with Crippen LogP contribution in [0.1, 0.15) is 25.1 Å². The molecule has 92 valence electrons. The van der Waals surface area contributed by atoms with Crippen molar-refractivity contribution in [3.63, 3.8) is 0 Å². The number of ketones is 1. The Morgan fingerprint density at radius 1 is 1.56 bits per heavy atom. The van der Waals surface area contributed by atoms with E-state index in [1.54, 1.807) is 12.3 Å². The summed E-state index contributed by atoms with van der Waals surface area (Å²) in [5.41, 5.74) is 3.47. The lowest BCUT2D eigenvalue weighted by atomic mass is 10.0. The number of rotatable bonds is 4. The summed E-state index contributed by atoms with van der Waals surface area (Å²) in [6.45, 7) is 8.94. The van der Waals surface area contributed by atoms with E-state index in [1.807, 2.05) is 26.0 Å². The Bertz CT molecular complexity index is 582. The molecule has 1 aromatic heterocycles. The number of Topliss-reactive ketones (excluding diaryl/α,β-unsaturated/α-hetero) is 1. The third-order valence-corrected chi connectivity index (χ3v) is 2.47. The van der Waals surface area contributed by atoms with Crippen LogP contribution < -0.4 is 0 Å². The molecule has 0 aliphatic carbocycles. The lowest BCUT2D eigenvalue weighted by molar-refractivity contribution is -0.113. The molecule has 0 unspecified atom stereocenters. The van der Waals surface area contributed by atoms with Crippen LogP contribution in [0.15, 0.2) is 35.6 Å². The van der Waals surface area contributed by atoms with E-state index in [-0.39, 0.29) is 11.4 Å². The summed E-state index contributed by atoms with van der Waals surface area (Å²) >= 11 is 0. The van der Waals surface area contributed by atoms with Crippen molar-refractivity contribution >= 4 is 11.9 Å². The quantitative estimate of drug-likeness (QED) is 0.500. The molecule has 0 bridgehead atoms. The fraction of sp³-hybridized carbons (Fsp3) is 0.214. The van der Waals surface area contributed by atoms with Gasteiger partial charge in [-0.15, -0.1) is 0 Å². The second-order valence-corrected chi connectivity index (χ2v) is 4.06. The first-order valence-electron chi connectivity index (χ1n) is 5.46. The predicted octanol–water partition coefficient (Wildman–Crippen LogP) is 2.72. The Hall–Kier alpha value is -2.41. The van der Waals surface area contributed by atoms with Gasteiger partial charge in [0.2, 0.25) is 0 Å². The number of carbonyl (C=O) groups is 1. The van der Waals surface area contributed by atoms with Crippen molar-refractivity contribution in [2.75, 3.05) is 0 Å². The van der Waals surface area contributed by atoms with Gasteiger partial charge in [0, 0.05) is 11.3 Å². The lowest BCUT2D eigenvalue weighted by Gasteiger charge is -2.02. The zero-order valence-corrected chi connectivity index (χ0v) is 10.7. The van der Waals surface area contributed by atoms with Gasteiger partial charge in [-0.2, -0.15) is 10.4 Å². The molecular weight excluding hydrogens is 226 g/mol. The Labute approximate surface area is 106 Å². The average Bonchev–Trinajstić information content (AvgIpc) is 2.69. The van der Waals surface area contributed by atoms with E-state index < -0.39 is 0 Å². The highest BCUT2D eigenvalue weighted by molar-refractivity contribution is 5.98. The Balaban J connectivity index is 3.25. The number of carbonyl (C=O) groups excluding carboxylic acids is 1. The highest BCUT2D eigenvalue weighted by Crippen LogP contribution is 2.17. The molecule has 0 aliphatic heterocycles. The largest absolute Gasteiger partial charge is 0.294 e. The maximum Gasteiger partial charge on any atom is 0.170 e. The molecule has 0 aliphatic rings. The molecule has 4 nitrogen and oxygen atoms in total. The molecule has 0 saturated carbocycles. The molecular formula is C14H15N3O. The molecule has 4 heteroatoms. The molecule has 0 aromatic carbocycles. The minimum Gasteiger partial charge on any atom is -0.294 e.